The highest BCUT2D eigenvalue weighted by molar-refractivity contribution is 6.07. The van der Waals surface area contributed by atoms with E-state index in [0.717, 1.165) is 0 Å². The van der Waals surface area contributed by atoms with Gasteiger partial charge in [0.25, 0.3) is 0 Å². The third kappa shape index (κ3) is 4.46. The molecule has 0 saturated carbocycles. The second kappa shape index (κ2) is 10.4. The van der Waals surface area contributed by atoms with Gasteiger partial charge in [-0.3, -0.25) is 0 Å². The highest BCUT2D eigenvalue weighted by Crippen LogP contribution is 2.40. The smallest absolute Gasteiger partial charge is 0.00697 e. The van der Waals surface area contributed by atoms with Gasteiger partial charge in [-0.2, -0.15) is 0 Å². The fraction of sp³-hybridized carbons (Fsp3) is 0.0526. The molecule has 0 amide bonds. The summed E-state index contributed by atoms with van der Waals surface area (Å²) in [7, 11) is 0. The first kappa shape index (κ1) is 23.7. The standard InChI is InChI=1S/C38H30/c1-27-14-6-7-15-28(2)38(34-21-11-10-20-33(34)30-17-4-3-5-18-30)36-23-13-12-22-35(36)37(27)32-25-24-29-16-8-9-19-31(29)26-32/h3-26H,1-2H3. The maximum absolute atomic E-state index is 2.33. The normalized spacial score (nSPS) is 10.9. The Morgan fingerprint density at radius 3 is 1.61 bits per heavy atom. The Labute approximate surface area is 225 Å². The average molecular weight is 487 g/mol. The van der Waals surface area contributed by atoms with Crippen LogP contribution in [0, 0.1) is 13.8 Å². The third-order valence-corrected chi connectivity index (χ3v) is 7.38. The Balaban J connectivity index is 1.76. The molecule has 0 aliphatic carbocycles. The van der Waals surface area contributed by atoms with E-state index in [9.17, 15) is 0 Å². The van der Waals surface area contributed by atoms with Crippen LogP contribution in [0.4, 0.5) is 0 Å². The summed E-state index contributed by atoms with van der Waals surface area (Å²) in [6.45, 7) is 4.45. The van der Waals surface area contributed by atoms with Gasteiger partial charge in [0.15, 0.2) is 0 Å². The molecular formula is C38H30. The molecule has 182 valence electrons. The van der Waals surface area contributed by atoms with Crippen molar-refractivity contribution in [2.75, 3.05) is 0 Å². The van der Waals surface area contributed by atoms with E-state index >= 15 is 0 Å². The zero-order valence-electron chi connectivity index (χ0n) is 21.9. The molecule has 0 aromatic heterocycles. The lowest BCUT2D eigenvalue weighted by Gasteiger charge is -2.16. The zero-order valence-corrected chi connectivity index (χ0v) is 21.9. The molecule has 0 radical (unpaired) electrons. The fourth-order valence-corrected chi connectivity index (χ4v) is 5.57. The van der Waals surface area contributed by atoms with Gasteiger partial charge in [-0.15, -0.1) is 0 Å². The fourth-order valence-electron chi connectivity index (χ4n) is 5.57. The van der Waals surface area contributed by atoms with Crippen LogP contribution in [0.15, 0.2) is 146 Å². The molecule has 6 aromatic carbocycles. The second-order valence-electron chi connectivity index (χ2n) is 9.85. The topological polar surface area (TPSA) is 0 Å². The molecule has 0 aliphatic rings. The molecule has 6 aromatic rings. The monoisotopic (exact) mass is 486 g/mol. The molecule has 38 heavy (non-hydrogen) atoms. The highest BCUT2D eigenvalue weighted by atomic mass is 14.2. The lowest BCUT2D eigenvalue weighted by Crippen LogP contribution is -1.90. The first-order chi connectivity index (χ1) is 18.7. The predicted molar refractivity (Wildman–Crippen MR) is 165 cm³/mol. The van der Waals surface area contributed by atoms with Crippen LogP contribution in [0.1, 0.15) is 11.1 Å². The van der Waals surface area contributed by atoms with Gasteiger partial charge in [-0.05, 0) is 86.0 Å². The summed E-state index contributed by atoms with van der Waals surface area (Å²) < 4.78 is 0. The van der Waals surface area contributed by atoms with Crippen molar-refractivity contribution in [3.8, 4) is 33.4 Å². The molecule has 0 nitrogen and oxygen atoms in total. The number of rotatable bonds is 3. The summed E-state index contributed by atoms with van der Waals surface area (Å²) in [6.07, 6.45) is 0. The van der Waals surface area contributed by atoms with Crippen LogP contribution < -0.4 is 0 Å². The van der Waals surface area contributed by atoms with E-state index in [2.05, 4.69) is 159 Å². The molecule has 6 rings (SSSR count). The van der Waals surface area contributed by atoms with E-state index in [-0.39, 0.29) is 0 Å². The van der Waals surface area contributed by atoms with Gasteiger partial charge in [0.1, 0.15) is 0 Å². The Bertz CT molecular complexity index is 1830. The molecule has 0 atom stereocenters. The summed E-state index contributed by atoms with van der Waals surface area (Å²) in [5.74, 6) is 0. The maximum atomic E-state index is 2.33. The third-order valence-electron chi connectivity index (χ3n) is 7.38. The van der Waals surface area contributed by atoms with Crippen LogP contribution in [0.25, 0.3) is 54.9 Å². The largest absolute Gasteiger partial charge is 0.0622 e. The summed E-state index contributed by atoms with van der Waals surface area (Å²) in [4.78, 5) is 0. The van der Waals surface area contributed by atoms with E-state index in [4.69, 9.17) is 0 Å². The van der Waals surface area contributed by atoms with E-state index in [0.29, 0.717) is 0 Å². The van der Waals surface area contributed by atoms with Gasteiger partial charge < -0.3 is 0 Å². The number of aryl methyl sites for hydroxylation is 2. The van der Waals surface area contributed by atoms with Crippen molar-refractivity contribution in [3.63, 3.8) is 0 Å². The quantitative estimate of drug-likeness (QED) is 0.233. The van der Waals surface area contributed by atoms with Crippen molar-refractivity contribution in [1.82, 2.24) is 0 Å². The summed E-state index contributed by atoms with van der Waals surface area (Å²) in [5, 5.41) is 5.01. The number of benzene rings is 5. The van der Waals surface area contributed by atoms with Crippen LogP contribution in [-0.4, -0.2) is 0 Å². The first-order valence-electron chi connectivity index (χ1n) is 13.2. The summed E-state index contributed by atoms with van der Waals surface area (Å²) in [6, 6.07) is 52.6. The second-order valence-corrected chi connectivity index (χ2v) is 9.85. The van der Waals surface area contributed by atoms with Gasteiger partial charge in [0, 0.05) is 0 Å². The molecule has 0 aliphatic heterocycles. The first-order valence-corrected chi connectivity index (χ1v) is 13.2. The van der Waals surface area contributed by atoms with Crippen molar-refractivity contribution in [2.24, 2.45) is 0 Å². The van der Waals surface area contributed by atoms with Gasteiger partial charge in [-0.1, -0.05) is 140 Å². The number of hydrogen-bond acceptors (Lipinski definition) is 0. The van der Waals surface area contributed by atoms with Gasteiger partial charge in [0.05, 0.1) is 0 Å². The van der Waals surface area contributed by atoms with Gasteiger partial charge in [-0.25, -0.2) is 0 Å². The Morgan fingerprint density at radius 2 is 0.868 bits per heavy atom. The number of fused-ring (bicyclic) bond motifs is 2. The molecule has 0 N–H and O–H groups in total. The van der Waals surface area contributed by atoms with Crippen molar-refractivity contribution >= 4 is 21.5 Å². The van der Waals surface area contributed by atoms with Crippen LogP contribution in [0.2, 0.25) is 0 Å². The van der Waals surface area contributed by atoms with E-state index in [1.54, 1.807) is 0 Å². The van der Waals surface area contributed by atoms with E-state index in [1.807, 2.05) is 0 Å². The Morgan fingerprint density at radius 1 is 0.342 bits per heavy atom. The minimum Gasteiger partial charge on any atom is -0.0622 e. The van der Waals surface area contributed by atoms with E-state index in [1.165, 1.54) is 66.1 Å². The van der Waals surface area contributed by atoms with Crippen LogP contribution in [-0.2, 0) is 0 Å². The van der Waals surface area contributed by atoms with Crippen LogP contribution >= 0.6 is 0 Å². The highest BCUT2D eigenvalue weighted by Gasteiger charge is 2.14. The van der Waals surface area contributed by atoms with Crippen LogP contribution in [0.5, 0.6) is 0 Å². The molecule has 0 heteroatoms. The summed E-state index contributed by atoms with van der Waals surface area (Å²) in [5.41, 5.74) is 9.95. The molecule has 0 saturated heterocycles. The predicted octanol–water partition coefficient (Wildman–Crippen LogP) is 10.7. The Kier molecular flexibility index (Phi) is 6.46. The SMILES string of the molecule is Cc1ccccc(C)c(-c2ccccc2-c2ccccc2)c2ccccc2c1-c1ccc2ccccc2c1. The van der Waals surface area contributed by atoms with Crippen molar-refractivity contribution < 1.29 is 0 Å². The Hall–Kier alpha value is -4.68. The molecular weight excluding hydrogens is 456 g/mol. The van der Waals surface area contributed by atoms with Crippen LogP contribution in [0.3, 0.4) is 0 Å². The molecule has 0 fully saturated rings. The lowest BCUT2D eigenvalue weighted by molar-refractivity contribution is 1.47. The van der Waals surface area contributed by atoms with Gasteiger partial charge in [0.2, 0.25) is 0 Å². The van der Waals surface area contributed by atoms with Crippen molar-refractivity contribution in [1.29, 1.82) is 0 Å². The lowest BCUT2D eigenvalue weighted by atomic mass is 9.88. The molecule has 0 bridgehead atoms. The maximum Gasteiger partial charge on any atom is -0.00697 e. The molecule has 0 spiro atoms. The number of hydrogen-bond donors (Lipinski definition) is 0. The summed E-state index contributed by atoms with van der Waals surface area (Å²) >= 11 is 0. The molecule has 0 heterocycles. The van der Waals surface area contributed by atoms with Crippen molar-refractivity contribution in [2.45, 2.75) is 13.8 Å². The average Bonchev–Trinajstić information content (AvgIpc) is 2.97. The molecule has 0 unspecified atom stereocenters. The van der Waals surface area contributed by atoms with Crippen molar-refractivity contribution in [3.05, 3.63) is 157 Å². The minimum atomic E-state index is 1.23. The zero-order chi connectivity index (χ0) is 25.9. The minimum absolute atomic E-state index is 1.23. The van der Waals surface area contributed by atoms with Gasteiger partial charge >= 0.3 is 0 Å². The van der Waals surface area contributed by atoms with E-state index < -0.39 is 0 Å².